The van der Waals surface area contributed by atoms with E-state index in [1.165, 1.54) is 12.1 Å². The van der Waals surface area contributed by atoms with Crippen LogP contribution in [0.4, 0.5) is 8.78 Å². The van der Waals surface area contributed by atoms with Gasteiger partial charge >= 0.3 is 0 Å². The zero-order chi connectivity index (χ0) is 14.1. The number of pyridine rings is 1. The molecule has 3 rings (SSSR count). The molecule has 0 N–H and O–H groups in total. The molecule has 20 heavy (non-hydrogen) atoms. The highest BCUT2D eigenvalue weighted by atomic mass is 19.2. The van der Waals surface area contributed by atoms with Gasteiger partial charge in [-0.05, 0) is 23.6 Å². The Labute approximate surface area is 113 Å². The van der Waals surface area contributed by atoms with E-state index in [1.807, 2.05) is 6.07 Å². The second-order valence-corrected chi connectivity index (χ2v) is 4.33. The van der Waals surface area contributed by atoms with Gasteiger partial charge in [-0.25, -0.2) is 8.78 Å². The summed E-state index contributed by atoms with van der Waals surface area (Å²) in [7, 11) is 0. The van der Waals surface area contributed by atoms with Crippen LogP contribution in [0.5, 0.6) is 0 Å². The zero-order valence-corrected chi connectivity index (χ0v) is 10.3. The van der Waals surface area contributed by atoms with E-state index in [9.17, 15) is 13.6 Å². The third-order valence-corrected chi connectivity index (χ3v) is 3.12. The molecule has 2 aromatic carbocycles. The summed E-state index contributed by atoms with van der Waals surface area (Å²) in [5.41, 5.74) is 0.0291. The topological polar surface area (TPSA) is 30.0 Å². The molecule has 2 nitrogen and oxygen atoms in total. The lowest BCUT2D eigenvalue weighted by molar-refractivity contribution is 0.103. The number of fused-ring (bicyclic) bond motifs is 1. The first kappa shape index (κ1) is 12.4. The van der Waals surface area contributed by atoms with Gasteiger partial charge in [0, 0.05) is 23.3 Å². The number of nitrogens with zero attached hydrogens (tertiary/aromatic N) is 1. The molecule has 0 atom stereocenters. The molecule has 0 bridgehead atoms. The van der Waals surface area contributed by atoms with Crippen molar-refractivity contribution in [2.75, 3.05) is 0 Å². The van der Waals surface area contributed by atoms with Crippen molar-refractivity contribution < 1.29 is 13.6 Å². The molecule has 98 valence electrons. The summed E-state index contributed by atoms with van der Waals surface area (Å²) in [4.78, 5) is 16.4. The van der Waals surface area contributed by atoms with Gasteiger partial charge in [0.1, 0.15) is 0 Å². The first-order chi connectivity index (χ1) is 9.68. The number of ketones is 1. The fourth-order valence-corrected chi connectivity index (χ4v) is 2.14. The Morgan fingerprint density at radius 3 is 2.55 bits per heavy atom. The van der Waals surface area contributed by atoms with Gasteiger partial charge in [0.2, 0.25) is 0 Å². The fourth-order valence-electron chi connectivity index (χ4n) is 2.14. The van der Waals surface area contributed by atoms with Crippen molar-refractivity contribution in [1.82, 2.24) is 4.98 Å². The minimum atomic E-state index is -1.13. The normalized spacial score (nSPS) is 10.7. The molecule has 0 saturated heterocycles. The number of carbonyl (C=O) groups is 1. The van der Waals surface area contributed by atoms with Crippen LogP contribution in [0, 0.1) is 11.6 Å². The van der Waals surface area contributed by atoms with Crippen LogP contribution in [0.3, 0.4) is 0 Å². The fraction of sp³-hybridized carbons (Fsp3) is 0. The summed E-state index contributed by atoms with van der Waals surface area (Å²) in [5.74, 6) is -2.71. The first-order valence-corrected chi connectivity index (χ1v) is 6.00. The number of hydrogen-bond donors (Lipinski definition) is 0. The van der Waals surface area contributed by atoms with Crippen LogP contribution in [-0.4, -0.2) is 10.8 Å². The third kappa shape index (κ3) is 1.95. The molecule has 3 aromatic rings. The summed E-state index contributed by atoms with van der Waals surface area (Å²) in [6.07, 6.45) is 3.15. The van der Waals surface area contributed by atoms with Crippen molar-refractivity contribution in [2.45, 2.75) is 0 Å². The Morgan fingerprint density at radius 2 is 1.70 bits per heavy atom. The van der Waals surface area contributed by atoms with Crippen molar-refractivity contribution in [3.63, 3.8) is 0 Å². The van der Waals surface area contributed by atoms with E-state index in [2.05, 4.69) is 4.98 Å². The van der Waals surface area contributed by atoms with Crippen molar-refractivity contribution in [3.05, 3.63) is 77.6 Å². The quantitative estimate of drug-likeness (QED) is 0.663. The predicted molar refractivity (Wildman–Crippen MR) is 71.5 cm³/mol. The number of halogens is 2. The van der Waals surface area contributed by atoms with E-state index in [4.69, 9.17) is 0 Å². The smallest absolute Gasteiger partial charge is 0.196 e. The van der Waals surface area contributed by atoms with Crippen LogP contribution < -0.4 is 0 Å². The molecule has 1 aromatic heterocycles. The molecule has 0 amide bonds. The highest BCUT2D eigenvalue weighted by Crippen LogP contribution is 2.22. The molecule has 0 fully saturated rings. The lowest BCUT2D eigenvalue weighted by Crippen LogP contribution is -2.06. The van der Waals surface area contributed by atoms with Crippen LogP contribution in [0.2, 0.25) is 0 Å². The highest BCUT2D eigenvalue weighted by Gasteiger charge is 2.18. The van der Waals surface area contributed by atoms with Crippen molar-refractivity contribution in [3.8, 4) is 0 Å². The Bertz CT molecular complexity index is 809. The van der Waals surface area contributed by atoms with E-state index >= 15 is 0 Å². The summed E-state index contributed by atoms with van der Waals surface area (Å²) < 4.78 is 27.0. The molecular formula is C16H9F2NO. The standard InChI is InChI=1S/C16H9F2NO/c17-14-6-2-5-12(15(14)18)16(20)11-4-1-3-10-7-8-19-9-13(10)11/h1-9H. The lowest BCUT2D eigenvalue weighted by Gasteiger charge is -2.06. The van der Waals surface area contributed by atoms with Crippen LogP contribution >= 0.6 is 0 Å². The Hall–Kier alpha value is -2.62. The van der Waals surface area contributed by atoms with E-state index in [0.717, 1.165) is 11.5 Å². The van der Waals surface area contributed by atoms with Gasteiger partial charge in [0.05, 0.1) is 5.56 Å². The second kappa shape index (κ2) is 4.81. The maximum absolute atomic E-state index is 13.7. The number of carbonyl (C=O) groups excluding carboxylic acids is 1. The van der Waals surface area contributed by atoms with Crippen molar-refractivity contribution in [1.29, 1.82) is 0 Å². The lowest BCUT2D eigenvalue weighted by atomic mass is 9.98. The van der Waals surface area contributed by atoms with E-state index in [1.54, 1.807) is 30.6 Å². The maximum atomic E-state index is 13.7. The molecule has 4 heteroatoms. The minimum Gasteiger partial charge on any atom is -0.288 e. The first-order valence-electron chi connectivity index (χ1n) is 6.00. The molecule has 0 unspecified atom stereocenters. The van der Waals surface area contributed by atoms with Gasteiger partial charge in [0.25, 0.3) is 0 Å². The van der Waals surface area contributed by atoms with Crippen LogP contribution in [0.1, 0.15) is 15.9 Å². The second-order valence-electron chi connectivity index (χ2n) is 4.33. The summed E-state index contributed by atoms with van der Waals surface area (Å²) in [6, 6.07) is 10.4. The molecule has 0 aliphatic rings. The number of aromatic nitrogens is 1. The summed E-state index contributed by atoms with van der Waals surface area (Å²) >= 11 is 0. The van der Waals surface area contributed by atoms with Gasteiger partial charge in [-0.2, -0.15) is 0 Å². The molecular weight excluding hydrogens is 260 g/mol. The third-order valence-electron chi connectivity index (χ3n) is 3.12. The Balaban J connectivity index is 2.21. The van der Waals surface area contributed by atoms with Gasteiger partial charge in [-0.15, -0.1) is 0 Å². The molecule has 0 aliphatic carbocycles. The van der Waals surface area contributed by atoms with Crippen molar-refractivity contribution in [2.24, 2.45) is 0 Å². The highest BCUT2D eigenvalue weighted by molar-refractivity contribution is 6.16. The SMILES string of the molecule is O=C(c1cccc(F)c1F)c1cccc2ccncc12. The average Bonchev–Trinajstić information content (AvgIpc) is 2.49. The van der Waals surface area contributed by atoms with Crippen LogP contribution in [0.25, 0.3) is 10.8 Å². The van der Waals surface area contributed by atoms with Gasteiger partial charge in [0.15, 0.2) is 17.4 Å². The van der Waals surface area contributed by atoms with Crippen molar-refractivity contribution >= 4 is 16.6 Å². The molecule has 0 spiro atoms. The molecule has 0 saturated carbocycles. The molecule has 1 heterocycles. The van der Waals surface area contributed by atoms with Gasteiger partial charge < -0.3 is 0 Å². The largest absolute Gasteiger partial charge is 0.288 e. The van der Waals surface area contributed by atoms with E-state index in [-0.39, 0.29) is 5.56 Å². The molecule has 0 radical (unpaired) electrons. The van der Waals surface area contributed by atoms with Crippen LogP contribution in [-0.2, 0) is 0 Å². The molecule has 0 aliphatic heterocycles. The van der Waals surface area contributed by atoms with Gasteiger partial charge in [-0.1, -0.05) is 24.3 Å². The number of benzene rings is 2. The average molecular weight is 269 g/mol. The Morgan fingerprint density at radius 1 is 0.950 bits per heavy atom. The van der Waals surface area contributed by atoms with E-state index in [0.29, 0.717) is 10.9 Å². The summed E-state index contributed by atoms with van der Waals surface area (Å²) in [6.45, 7) is 0. The minimum absolute atomic E-state index is 0.277. The van der Waals surface area contributed by atoms with E-state index < -0.39 is 17.4 Å². The Kier molecular flexibility index (Phi) is 2.99. The number of rotatable bonds is 2. The zero-order valence-electron chi connectivity index (χ0n) is 10.3. The van der Waals surface area contributed by atoms with Gasteiger partial charge in [-0.3, -0.25) is 9.78 Å². The predicted octanol–water partition coefficient (Wildman–Crippen LogP) is 3.74. The monoisotopic (exact) mass is 269 g/mol. The van der Waals surface area contributed by atoms with Crippen LogP contribution in [0.15, 0.2) is 54.9 Å². The summed E-state index contributed by atoms with van der Waals surface area (Å²) in [5, 5.41) is 1.44. The maximum Gasteiger partial charge on any atom is 0.196 e. The number of hydrogen-bond acceptors (Lipinski definition) is 2.